The van der Waals surface area contributed by atoms with Crippen LogP contribution < -0.4 is 5.56 Å². The third-order valence-electron chi connectivity index (χ3n) is 7.41. The van der Waals surface area contributed by atoms with Crippen molar-refractivity contribution in [3.8, 4) is 11.3 Å². The Morgan fingerprint density at radius 3 is 2.55 bits per heavy atom. The maximum Gasteiger partial charge on any atom is 0.255 e. The quantitative estimate of drug-likeness (QED) is 0.370. The van der Waals surface area contributed by atoms with Crippen LogP contribution in [0.3, 0.4) is 0 Å². The lowest BCUT2D eigenvalue weighted by molar-refractivity contribution is 0.188. The summed E-state index contributed by atoms with van der Waals surface area (Å²) in [6, 6.07) is 18.9. The number of aromatic nitrogens is 2. The van der Waals surface area contributed by atoms with Crippen LogP contribution in [-0.4, -0.2) is 9.97 Å². The van der Waals surface area contributed by atoms with E-state index in [0.717, 1.165) is 40.6 Å². The Morgan fingerprint density at radius 1 is 1.03 bits per heavy atom. The van der Waals surface area contributed by atoms with Crippen LogP contribution in [-0.2, 0) is 17.6 Å². The number of thioether (sulfide) groups is 1. The molecule has 3 nitrogen and oxygen atoms in total. The highest BCUT2D eigenvalue weighted by molar-refractivity contribution is 7.98. The van der Waals surface area contributed by atoms with E-state index in [9.17, 15) is 4.79 Å². The number of nitrogens with one attached hydrogen (secondary N) is 1. The molecule has 1 aromatic heterocycles. The number of nitrogens with zero attached hydrogens (tertiary/aromatic N) is 1. The number of H-pyrrole nitrogens is 1. The molecular formula is C27H30N2OS. The second-order valence-electron chi connectivity index (χ2n) is 9.05. The van der Waals surface area contributed by atoms with E-state index in [1.54, 1.807) is 11.8 Å². The van der Waals surface area contributed by atoms with Crippen molar-refractivity contribution in [3.05, 3.63) is 81.6 Å². The molecule has 2 aliphatic carbocycles. The first-order valence-corrected chi connectivity index (χ1v) is 12.6. The van der Waals surface area contributed by atoms with Crippen molar-refractivity contribution in [3.63, 3.8) is 0 Å². The van der Waals surface area contributed by atoms with Crippen LogP contribution in [0.1, 0.15) is 62.1 Å². The van der Waals surface area contributed by atoms with E-state index < -0.39 is 0 Å². The number of fused-ring (bicyclic) bond motifs is 3. The molecule has 0 amide bonds. The number of rotatable bonds is 5. The van der Waals surface area contributed by atoms with Gasteiger partial charge in [-0.3, -0.25) is 4.79 Å². The SMILES string of the molecule is CC[C@]1(C2CCCCC2)Cc2ccccc2-c2nc(SCc3ccccc3)[nH]c(=O)c21. The Balaban J connectivity index is 1.61. The van der Waals surface area contributed by atoms with Gasteiger partial charge in [-0.25, -0.2) is 4.98 Å². The van der Waals surface area contributed by atoms with Gasteiger partial charge in [-0.2, -0.15) is 0 Å². The van der Waals surface area contributed by atoms with Gasteiger partial charge < -0.3 is 4.98 Å². The fraction of sp³-hybridized carbons (Fsp3) is 0.407. The first kappa shape index (κ1) is 20.6. The van der Waals surface area contributed by atoms with E-state index >= 15 is 0 Å². The summed E-state index contributed by atoms with van der Waals surface area (Å²) >= 11 is 1.61. The fourth-order valence-corrected chi connectivity index (χ4v) is 6.65. The third kappa shape index (κ3) is 3.76. The molecular weight excluding hydrogens is 400 g/mol. The number of hydrogen-bond acceptors (Lipinski definition) is 3. The van der Waals surface area contributed by atoms with E-state index in [0.29, 0.717) is 5.92 Å². The Labute approximate surface area is 188 Å². The molecule has 2 aliphatic rings. The van der Waals surface area contributed by atoms with Gasteiger partial charge in [0.2, 0.25) is 0 Å². The molecule has 1 atom stereocenters. The molecule has 3 aromatic rings. The van der Waals surface area contributed by atoms with Gasteiger partial charge in [0.1, 0.15) is 0 Å². The van der Waals surface area contributed by atoms with E-state index in [1.807, 2.05) is 6.07 Å². The van der Waals surface area contributed by atoms with E-state index in [1.165, 1.54) is 43.2 Å². The zero-order valence-electron chi connectivity index (χ0n) is 18.2. The molecule has 1 saturated carbocycles. The van der Waals surface area contributed by atoms with Crippen LogP contribution in [0.5, 0.6) is 0 Å². The molecule has 0 spiro atoms. The predicted octanol–water partition coefficient (Wildman–Crippen LogP) is 6.51. The van der Waals surface area contributed by atoms with E-state index in [4.69, 9.17) is 4.98 Å². The van der Waals surface area contributed by atoms with Crippen molar-refractivity contribution in [1.82, 2.24) is 9.97 Å². The lowest BCUT2D eigenvalue weighted by Crippen LogP contribution is -2.45. The summed E-state index contributed by atoms with van der Waals surface area (Å²) in [5.41, 5.74) is 5.57. The Kier molecular flexibility index (Phi) is 5.75. The van der Waals surface area contributed by atoms with Crippen molar-refractivity contribution in [1.29, 1.82) is 0 Å². The van der Waals surface area contributed by atoms with Gasteiger partial charge in [-0.15, -0.1) is 0 Å². The Hall–Kier alpha value is -2.33. The summed E-state index contributed by atoms with van der Waals surface area (Å²) in [5, 5.41) is 0.720. The zero-order chi connectivity index (χ0) is 21.3. The van der Waals surface area contributed by atoms with Crippen LogP contribution in [0.25, 0.3) is 11.3 Å². The maximum atomic E-state index is 13.6. The fourth-order valence-electron chi connectivity index (χ4n) is 5.83. The summed E-state index contributed by atoms with van der Waals surface area (Å²) in [7, 11) is 0. The normalized spacial score (nSPS) is 20.8. The predicted molar refractivity (Wildman–Crippen MR) is 129 cm³/mol. The molecule has 0 saturated heterocycles. The minimum Gasteiger partial charge on any atom is -0.301 e. The second-order valence-corrected chi connectivity index (χ2v) is 10.0. The molecule has 160 valence electrons. The summed E-state index contributed by atoms with van der Waals surface area (Å²) < 4.78 is 0. The molecule has 31 heavy (non-hydrogen) atoms. The largest absolute Gasteiger partial charge is 0.301 e. The molecule has 1 heterocycles. The Bertz CT molecular complexity index is 1120. The molecule has 0 aliphatic heterocycles. The molecule has 1 fully saturated rings. The molecule has 0 radical (unpaired) electrons. The third-order valence-corrected chi connectivity index (χ3v) is 8.35. The number of aromatic amines is 1. The van der Waals surface area contributed by atoms with Crippen LogP contribution in [0.4, 0.5) is 0 Å². The lowest BCUT2D eigenvalue weighted by atomic mass is 9.58. The summed E-state index contributed by atoms with van der Waals surface area (Å²) in [4.78, 5) is 21.9. The van der Waals surface area contributed by atoms with Crippen molar-refractivity contribution in [2.45, 2.75) is 68.2 Å². The van der Waals surface area contributed by atoms with Crippen molar-refractivity contribution in [2.75, 3.05) is 0 Å². The summed E-state index contributed by atoms with van der Waals surface area (Å²) in [6.45, 7) is 2.27. The monoisotopic (exact) mass is 430 g/mol. The Morgan fingerprint density at radius 2 is 1.77 bits per heavy atom. The van der Waals surface area contributed by atoms with Gasteiger partial charge in [0.15, 0.2) is 5.16 Å². The van der Waals surface area contributed by atoms with Gasteiger partial charge in [0, 0.05) is 16.7 Å². The lowest BCUT2D eigenvalue weighted by Gasteiger charge is -2.45. The molecule has 2 aromatic carbocycles. The number of benzene rings is 2. The summed E-state index contributed by atoms with van der Waals surface area (Å²) in [6.07, 6.45) is 8.26. The molecule has 4 heteroatoms. The molecule has 0 bridgehead atoms. The molecule has 0 unspecified atom stereocenters. The first-order valence-electron chi connectivity index (χ1n) is 11.6. The van der Waals surface area contributed by atoms with Gasteiger partial charge in [-0.05, 0) is 42.7 Å². The zero-order valence-corrected chi connectivity index (χ0v) is 19.0. The van der Waals surface area contributed by atoms with Crippen LogP contribution in [0.15, 0.2) is 64.5 Å². The second kappa shape index (κ2) is 8.66. The van der Waals surface area contributed by atoms with Gasteiger partial charge >= 0.3 is 0 Å². The van der Waals surface area contributed by atoms with Crippen LogP contribution in [0, 0.1) is 5.92 Å². The van der Waals surface area contributed by atoms with Crippen LogP contribution in [0.2, 0.25) is 0 Å². The highest BCUT2D eigenvalue weighted by atomic mass is 32.2. The minimum absolute atomic E-state index is 0.0717. The highest BCUT2D eigenvalue weighted by Gasteiger charge is 2.46. The smallest absolute Gasteiger partial charge is 0.255 e. The van der Waals surface area contributed by atoms with Crippen LogP contribution >= 0.6 is 11.8 Å². The van der Waals surface area contributed by atoms with Gasteiger partial charge in [-0.1, -0.05) is 92.5 Å². The van der Waals surface area contributed by atoms with Crippen molar-refractivity contribution < 1.29 is 0 Å². The number of hydrogen-bond donors (Lipinski definition) is 1. The van der Waals surface area contributed by atoms with E-state index in [-0.39, 0.29) is 11.0 Å². The maximum absolute atomic E-state index is 13.6. The standard InChI is InChI=1S/C27H30N2OS/c1-2-27(21-14-7-4-8-15-21)17-20-13-9-10-16-22(20)24-23(27)25(30)29-26(28-24)31-18-19-11-5-3-6-12-19/h3,5-6,9-13,16,21H,2,4,7-8,14-15,17-18H2,1H3,(H,28,29,30)/t27-/m1/s1. The van der Waals surface area contributed by atoms with Gasteiger partial charge in [0.25, 0.3) is 5.56 Å². The average Bonchev–Trinajstić information content (AvgIpc) is 2.83. The topological polar surface area (TPSA) is 45.8 Å². The minimum atomic E-state index is -0.104. The van der Waals surface area contributed by atoms with E-state index in [2.05, 4.69) is 60.4 Å². The van der Waals surface area contributed by atoms with Crippen molar-refractivity contribution >= 4 is 11.8 Å². The average molecular weight is 431 g/mol. The van der Waals surface area contributed by atoms with Gasteiger partial charge in [0.05, 0.1) is 11.3 Å². The first-order chi connectivity index (χ1) is 15.2. The molecule has 1 N–H and O–H groups in total. The van der Waals surface area contributed by atoms with Crippen molar-refractivity contribution in [2.24, 2.45) is 5.92 Å². The summed E-state index contributed by atoms with van der Waals surface area (Å²) in [5.74, 6) is 1.36. The highest BCUT2D eigenvalue weighted by Crippen LogP contribution is 2.51. The molecule has 5 rings (SSSR count).